The lowest BCUT2D eigenvalue weighted by atomic mass is 10.3. The van der Waals surface area contributed by atoms with Crippen molar-refractivity contribution >= 4 is 23.5 Å². The van der Waals surface area contributed by atoms with E-state index in [0.29, 0.717) is 12.2 Å². The van der Waals surface area contributed by atoms with Gasteiger partial charge >= 0.3 is 5.97 Å². The van der Waals surface area contributed by atoms with Crippen molar-refractivity contribution in [1.82, 2.24) is 4.98 Å². The smallest absolute Gasteiger partial charge is 0.306 e. The summed E-state index contributed by atoms with van der Waals surface area (Å²) in [5, 5.41) is 0. The highest BCUT2D eigenvalue weighted by atomic mass is 32.2. The van der Waals surface area contributed by atoms with Crippen LogP contribution >= 0.6 is 11.8 Å². The standard InChI is InChI=1S/C10H15N3O2S/c1-15-9(14)4-6-16-7-8-3-2-5-12-10(8)13-11/h2-3,5H,4,6-7,11H2,1H3,(H,12,13). The van der Waals surface area contributed by atoms with Crippen molar-refractivity contribution < 1.29 is 9.53 Å². The predicted octanol–water partition coefficient (Wildman–Crippen LogP) is 1.16. The van der Waals surface area contributed by atoms with E-state index in [1.165, 1.54) is 7.11 Å². The Labute approximate surface area is 98.7 Å². The number of ether oxygens (including phenoxy) is 1. The van der Waals surface area contributed by atoms with E-state index in [0.717, 1.165) is 17.1 Å². The number of hydrogen-bond acceptors (Lipinski definition) is 6. The number of anilines is 1. The minimum absolute atomic E-state index is 0.184. The van der Waals surface area contributed by atoms with E-state index in [1.54, 1.807) is 18.0 Å². The SMILES string of the molecule is COC(=O)CCSCc1cccnc1NN. The van der Waals surface area contributed by atoms with E-state index in [2.05, 4.69) is 15.1 Å². The van der Waals surface area contributed by atoms with E-state index in [9.17, 15) is 4.79 Å². The third-order valence-corrected chi connectivity index (χ3v) is 2.97. The zero-order chi connectivity index (χ0) is 11.8. The largest absolute Gasteiger partial charge is 0.469 e. The molecule has 0 spiro atoms. The summed E-state index contributed by atoms with van der Waals surface area (Å²) in [5.74, 6) is 7.31. The average molecular weight is 241 g/mol. The summed E-state index contributed by atoms with van der Waals surface area (Å²) >= 11 is 1.64. The summed E-state index contributed by atoms with van der Waals surface area (Å²) < 4.78 is 4.55. The first kappa shape index (κ1) is 12.8. The van der Waals surface area contributed by atoms with Gasteiger partial charge in [-0.3, -0.25) is 4.79 Å². The van der Waals surface area contributed by atoms with Gasteiger partial charge in [-0.25, -0.2) is 10.8 Å². The molecule has 0 bridgehead atoms. The zero-order valence-corrected chi connectivity index (χ0v) is 9.92. The van der Waals surface area contributed by atoms with Crippen LogP contribution in [0.15, 0.2) is 18.3 Å². The van der Waals surface area contributed by atoms with Gasteiger partial charge in [-0.05, 0) is 6.07 Å². The average Bonchev–Trinajstić information content (AvgIpc) is 2.34. The number of hydrogen-bond donors (Lipinski definition) is 2. The fourth-order valence-corrected chi connectivity index (χ4v) is 2.03. The Bertz CT molecular complexity index is 347. The molecule has 0 fully saturated rings. The van der Waals surface area contributed by atoms with Crippen LogP contribution in [0.25, 0.3) is 0 Å². The third-order valence-electron chi connectivity index (χ3n) is 1.96. The molecule has 0 saturated carbocycles. The molecule has 0 atom stereocenters. The summed E-state index contributed by atoms with van der Waals surface area (Å²) in [6.45, 7) is 0. The molecule has 88 valence electrons. The second kappa shape index (κ2) is 7.08. The highest BCUT2D eigenvalue weighted by molar-refractivity contribution is 7.98. The number of nitrogens with two attached hydrogens (primary N) is 1. The summed E-state index contributed by atoms with van der Waals surface area (Å²) in [4.78, 5) is 15.0. The van der Waals surface area contributed by atoms with Gasteiger partial charge in [-0.2, -0.15) is 11.8 Å². The number of thioether (sulfide) groups is 1. The number of nitrogens with one attached hydrogen (secondary N) is 1. The van der Waals surface area contributed by atoms with Crippen molar-refractivity contribution in [2.45, 2.75) is 12.2 Å². The van der Waals surface area contributed by atoms with Gasteiger partial charge in [0.05, 0.1) is 13.5 Å². The first-order valence-electron chi connectivity index (χ1n) is 4.83. The number of esters is 1. The van der Waals surface area contributed by atoms with Gasteiger partial charge in [0.15, 0.2) is 0 Å². The number of aromatic nitrogens is 1. The van der Waals surface area contributed by atoms with Crippen LogP contribution in [0.4, 0.5) is 5.82 Å². The number of carbonyl (C=O) groups excluding carboxylic acids is 1. The lowest BCUT2D eigenvalue weighted by molar-refractivity contribution is -0.140. The van der Waals surface area contributed by atoms with E-state index >= 15 is 0 Å². The molecule has 0 saturated heterocycles. The van der Waals surface area contributed by atoms with Gasteiger partial charge in [0.25, 0.3) is 0 Å². The second-order valence-electron chi connectivity index (χ2n) is 3.03. The molecule has 6 heteroatoms. The number of pyridine rings is 1. The van der Waals surface area contributed by atoms with Crippen LogP contribution in [0.2, 0.25) is 0 Å². The zero-order valence-electron chi connectivity index (χ0n) is 9.10. The highest BCUT2D eigenvalue weighted by Gasteiger charge is 2.03. The van der Waals surface area contributed by atoms with Gasteiger partial charge in [0, 0.05) is 23.3 Å². The Hall–Kier alpha value is -1.27. The van der Waals surface area contributed by atoms with Crippen molar-refractivity contribution in [1.29, 1.82) is 0 Å². The monoisotopic (exact) mass is 241 g/mol. The molecule has 0 radical (unpaired) electrons. The summed E-state index contributed by atoms with van der Waals surface area (Å²) in [5.41, 5.74) is 3.57. The molecule has 3 N–H and O–H groups in total. The van der Waals surface area contributed by atoms with E-state index in [-0.39, 0.29) is 5.97 Å². The molecule has 0 aliphatic carbocycles. The number of hydrazine groups is 1. The Morgan fingerprint density at radius 3 is 3.19 bits per heavy atom. The number of carbonyl (C=O) groups is 1. The summed E-state index contributed by atoms with van der Waals surface area (Å²) in [6, 6.07) is 3.81. The molecular formula is C10H15N3O2S. The van der Waals surface area contributed by atoms with Crippen LogP contribution in [0.1, 0.15) is 12.0 Å². The molecule has 0 unspecified atom stereocenters. The van der Waals surface area contributed by atoms with E-state index < -0.39 is 0 Å². The fraction of sp³-hybridized carbons (Fsp3) is 0.400. The van der Waals surface area contributed by atoms with Crippen LogP contribution in [0, 0.1) is 0 Å². The molecule has 1 aromatic heterocycles. The maximum absolute atomic E-state index is 10.9. The molecule has 0 aliphatic rings. The first-order valence-corrected chi connectivity index (χ1v) is 5.98. The molecule has 1 heterocycles. The molecule has 1 rings (SSSR count). The summed E-state index contributed by atoms with van der Waals surface area (Å²) in [6.07, 6.45) is 2.10. The Kier molecular flexibility index (Phi) is 5.66. The van der Waals surface area contributed by atoms with Gasteiger partial charge in [0.1, 0.15) is 5.82 Å². The van der Waals surface area contributed by atoms with Gasteiger partial charge in [-0.15, -0.1) is 0 Å². The normalized spacial score (nSPS) is 9.88. The Morgan fingerprint density at radius 1 is 1.69 bits per heavy atom. The number of nitrogen functional groups attached to an aromatic ring is 1. The number of methoxy groups -OCH3 is 1. The topological polar surface area (TPSA) is 77.2 Å². The maximum atomic E-state index is 10.9. The van der Waals surface area contributed by atoms with Gasteiger partial charge < -0.3 is 10.2 Å². The highest BCUT2D eigenvalue weighted by Crippen LogP contribution is 2.18. The maximum Gasteiger partial charge on any atom is 0.306 e. The molecular weight excluding hydrogens is 226 g/mol. The lowest BCUT2D eigenvalue weighted by Crippen LogP contribution is -2.10. The lowest BCUT2D eigenvalue weighted by Gasteiger charge is -2.06. The Morgan fingerprint density at radius 2 is 2.50 bits per heavy atom. The number of rotatable bonds is 6. The van der Waals surface area contributed by atoms with Crippen molar-refractivity contribution in [2.24, 2.45) is 5.84 Å². The van der Waals surface area contributed by atoms with Crippen molar-refractivity contribution in [2.75, 3.05) is 18.3 Å². The third kappa shape index (κ3) is 4.08. The molecule has 0 aromatic carbocycles. The quantitative estimate of drug-likeness (QED) is 0.337. The minimum Gasteiger partial charge on any atom is -0.469 e. The van der Waals surface area contributed by atoms with Crippen LogP contribution < -0.4 is 11.3 Å². The van der Waals surface area contributed by atoms with Gasteiger partial charge in [0.2, 0.25) is 0 Å². The fourth-order valence-electron chi connectivity index (χ4n) is 1.12. The van der Waals surface area contributed by atoms with E-state index in [4.69, 9.17) is 5.84 Å². The number of nitrogens with zero attached hydrogens (tertiary/aromatic N) is 1. The van der Waals surface area contributed by atoms with Crippen LogP contribution in [0.3, 0.4) is 0 Å². The second-order valence-corrected chi connectivity index (χ2v) is 4.14. The molecule has 5 nitrogen and oxygen atoms in total. The van der Waals surface area contributed by atoms with Gasteiger partial charge in [-0.1, -0.05) is 6.07 Å². The predicted molar refractivity (Wildman–Crippen MR) is 64.8 cm³/mol. The molecule has 16 heavy (non-hydrogen) atoms. The van der Waals surface area contributed by atoms with Crippen LogP contribution in [-0.2, 0) is 15.3 Å². The van der Waals surface area contributed by atoms with Crippen molar-refractivity contribution in [3.8, 4) is 0 Å². The minimum atomic E-state index is -0.184. The molecule has 0 aliphatic heterocycles. The molecule has 0 amide bonds. The first-order chi connectivity index (χ1) is 7.77. The van der Waals surface area contributed by atoms with Crippen LogP contribution in [0.5, 0.6) is 0 Å². The Balaban J connectivity index is 2.34. The van der Waals surface area contributed by atoms with Crippen molar-refractivity contribution in [3.63, 3.8) is 0 Å². The van der Waals surface area contributed by atoms with E-state index in [1.807, 2.05) is 12.1 Å². The summed E-state index contributed by atoms with van der Waals surface area (Å²) in [7, 11) is 1.39. The van der Waals surface area contributed by atoms with Crippen molar-refractivity contribution in [3.05, 3.63) is 23.9 Å². The van der Waals surface area contributed by atoms with Crippen LogP contribution in [-0.4, -0.2) is 23.8 Å². The molecule has 1 aromatic rings.